The van der Waals surface area contributed by atoms with Crippen molar-refractivity contribution in [3.05, 3.63) is 34.4 Å². The molecule has 1 aromatic carbocycles. The van der Waals surface area contributed by atoms with E-state index in [0.717, 1.165) is 25.7 Å². The lowest BCUT2D eigenvalue weighted by molar-refractivity contribution is -0.384. The Morgan fingerprint density at radius 1 is 1.00 bits per heavy atom. The van der Waals surface area contributed by atoms with Crippen LogP contribution in [0.2, 0.25) is 0 Å². The summed E-state index contributed by atoms with van der Waals surface area (Å²) in [7, 11) is -3.42. The van der Waals surface area contributed by atoms with Crippen LogP contribution in [0.3, 0.4) is 0 Å². The van der Waals surface area contributed by atoms with E-state index in [1.54, 1.807) is 0 Å². The fourth-order valence-electron chi connectivity index (χ4n) is 2.40. The minimum atomic E-state index is -3.42. The average molecular weight is 431 g/mol. The molecule has 166 valence electrons. The predicted molar refractivity (Wildman–Crippen MR) is 113 cm³/mol. The molecule has 8 nitrogen and oxygen atoms in total. The van der Waals surface area contributed by atoms with Crippen LogP contribution in [0.1, 0.15) is 52.9 Å². The van der Waals surface area contributed by atoms with E-state index >= 15 is 0 Å². The van der Waals surface area contributed by atoms with Gasteiger partial charge in [-0.15, -0.1) is 0 Å². The monoisotopic (exact) mass is 431 g/mol. The van der Waals surface area contributed by atoms with Gasteiger partial charge in [-0.2, -0.15) is 0 Å². The van der Waals surface area contributed by atoms with Gasteiger partial charge in [0.15, 0.2) is 0 Å². The van der Waals surface area contributed by atoms with Crippen LogP contribution in [0.5, 0.6) is 5.75 Å². The van der Waals surface area contributed by atoms with E-state index < -0.39 is 12.5 Å². The molecule has 0 radical (unpaired) electrons. The SMILES string of the molecule is CCCCOC[C@H](COP(=O)(CCC)Oc1ccc([N+](=O)[O-])cc1)OCCCC. The molecule has 0 aromatic heterocycles. The summed E-state index contributed by atoms with van der Waals surface area (Å²) in [4.78, 5) is 10.3. The fraction of sp³-hybridized carbons (Fsp3) is 0.700. The molecule has 9 heteroatoms. The van der Waals surface area contributed by atoms with Gasteiger partial charge in [0.25, 0.3) is 5.69 Å². The van der Waals surface area contributed by atoms with Crippen molar-refractivity contribution in [3.8, 4) is 5.75 Å². The summed E-state index contributed by atoms with van der Waals surface area (Å²) in [6, 6.07) is 5.47. The Hall–Kier alpha value is -1.47. The molecule has 0 amide bonds. The number of non-ortho nitro benzene ring substituents is 1. The maximum Gasteiger partial charge on any atom is 0.379 e. The smallest absolute Gasteiger partial charge is 0.379 e. The standard InChI is InChI=1S/C20H34NO7P/c1-4-7-13-25-16-20(26-14-8-5-2)17-27-29(24,15-6-3)28-19-11-9-18(10-12-19)21(22)23/h9-12,20H,4-8,13-17H2,1-3H3/t20-,29?/m1/s1. The van der Waals surface area contributed by atoms with Crippen molar-refractivity contribution in [2.75, 3.05) is 32.6 Å². The summed E-state index contributed by atoms with van der Waals surface area (Å²) >= 11 is 0. The molecule has 1 rings (SSSR count). The Kier molecular flexibility index (Phi) is 12.8. The number of unbranched alkanes of at least 4 members (excludes halogenated alkanes) is 2. The third kappa shape index (κ3) is 10.8. The summed E-state index contributed by atoms with van der Waals surface area (Å²) in [6.07, 6.45) is 4.48. The summed E-state index contributed by atoms with van der Waals surface area (Å²) in [6.45, 7) is 7.77. The summed E-state index contributed by atoms with van der Waals surface area (Å²) < 4.78 is 35.9. The van der Waals surface area contributed by atoms with Crippen LogP contribution in [-0.2, 0) is 18.6 Å². The van der Waals surface area contributed by atoms with E-state index in [1.807, 2.05) is 6.92 Å². The maximum atomic E-state index is 13.1. The molecule has 0 spiro atoms. The Balaban J connectivity index is 2.70. The van der Waals surface area contributed by atoms with Gasteiger partial charge in [-0.3, -0.25) is 14.6 Å². The number of hydrogen-bond donors (Lipinski definition) is 0. The lowest BCUT2D eigenvalue weighted by atomic mass is 10.3. The number of hydrogen-bond acceptors (Lipinski definition) is 7. The van der Waals surface area contributed by atoms with Gasteiger partial charge < -0.3 is 14.0 Å². The fourth-order valence-corrected chi connectivity index (χ4v) is 4.05. The van der Waals surface area contributed by atoms with Gasteiger partial charge in [0.05, 0.1) is 24.3 Å². The van der Waals surface area contributed by atoms with Crippen molar-refractivity contribution in [2.24, 2.45) is 0 Å². The second kappa shape index (κ2) is 14.5. The van der Waals surface area contributed by atoms with Gasteiger partial charge in [-0.05, 0) is 31.4 Å². The predicted octanol–water partition coefficient (Wildman–Crippen LogP) is 5.60. The lowest BCUT2D eigenvalue weighted by Crippen LogP contribution is -2.26. The molecular weight excluding hydrogens is 397 g/mol. The highest BCUT2D eigenvalue weighted by atomic mass is 31.2. The molecule has 0 aliphatic rings. The Labute approximate surface area is 173 Å². The van der Waals surface area contributed by atoms with Crippen molar-refractivity contribution in [1.29, 1.82) is 0 Å². The number of nitro benzene ring substituents is 1. The molecule has 1 aromatic rings. The van der Waals surface area contributed by atoms with Gasteiger partial charge >= 0.3 is 7.60 Å². The van der Waals surface area contributed by atoms with Gasteiger partial charge in [0.1, 0.15) is 11.9 Å². The molecular formula is C20H34NO7P. The Morgan fingerprint density at radius 2 is 1.66 bits per heavy atom. The minimum Gasteiger partial charge on any atom is -0.424 e. The van der Waals surface area contributed by atoms with E-state index in [2.05, 4.69) is 13.8 Å². The minimum absolute atomic E-state index is 0.0581. The van der Waals surface area contributed by atoms with Crippen LogP contribution >= 0.6 is 7.60 Å². The molecule has 0 fully saturated rings. The zero-order chi connectivity index (χ0) is 21.5. The van der Waals surface area contributed by atoms with Crippen LogP contribution in [0.15, 0.2) is 24.3 Å². The number of nitrogens with zero attached hydrogens (tertiary/aromatic N) is 1. The van der Waals surface area contributed by atoms with Crippen molar-refractivity contribution in [2.45, 2.75) is 59.0 Å². The first-order valence-corrected chi connectivity index (χ1v) is 12.0. The molecule has 0 saturated carbocycles. The normalized spacial score (nSPS) is 14.3. The van der Waals surface area contributed by atoms with Crippen LogP contribution in [-0.4, -0.2) is 43.6 Å². The van der Waals surface area contributed by atoms with Crippen LogP contribution < -0.4 is 4.52 Å². The second-order valence-electron chi connectivity index (χ2n) is 6.75. The number of benzene rings is 1. The number of rotatable bonds is 17. The third-order valence-corrected chi connectivity index (χ3v) is 6.07. The van der Waals surface area contributed by atoms with Crippen molar-refractivity contribution >= 4 is 13.3 Å². The average Bonchev–Trinajstić information content (AvgIpc) is 2.69. The summed E-state index contributed by atoms with van der Waals surface area (Å²) in [5.41, 5.74) is -0.0581. The largest absolute Gasteiger partial charge is 0.424 e. The molecule has 0 saturated heterocycles. The van der Waals surface area contributed by atoms with Crippen molar-refractivity contribution in [1.82, 2.24) is 0 Å². The second-order valence-corrected chi connectivity index (χ2v) is 8.86. The quantitative estimate of drug-likeness (QED) is 0.137. The first-order chi connectivity index (χ1) is 13.9. The van der Waals surface area contributed by atoms with Crippen LogP contribution in [0.4, 0.5) is 5.69 Å². The van der Waals surface area contributed by atoms with E-state index in [-0.39, 0.29) is 30.3 Å². The summed E-state index contributed by atoms with van der Waals surface area (Å²) in [5, 5.41) is 10.8. The highest BCUT2D eigenvalue weighted by molar-refractivity contribution is 7.54. The van der Waals surface area contributed by atoms with Crippen LogP contribution in [0.25, 0.3) is 0 Å². The molecule has 0 aliphatic carbocycles. The van der Waals surface area contributed by atoms with E-state index in [0.29, 0.717) is 26.2 Å². The summed E-state index contributed by atoms with van der Waals surface area (Å²) in [5.74, 6) is 0.273. The van der Waals surface area contributed by atoms with Crippen molar-refractivity contribution in [3.63, 3.8) is 0 Å². The molecule has 0 N–H and O–H groups in total. The molecule has 2 atom stereocenters. The maximum absolute atomic E-state index is 13.1. The Bertz CT molecular complexity index is 624. The first-order valence-electron chi connectivity index (χ1n) is 10.3. The topological polar surface area (TPSA) is 97.1 Å². The lowest BCUT2D eigenvalue weighted by Gasteiger charge is -2.23. The van der Waals surface area contributed by atoms with Crippen LogP contribution in [0, 0.1) is 10.1 Å². The molecule has 0 heterocycles. The van der Waals surface area contributed by atoms with Gasteiger partial charge in [-0.25, -0.2) is 4.57 Å². The highest BCUT2D eigenvalue weighted by Gasteiger charge is 2.27. The molecule has 1 unspecified atom stereocenters. The Morgan fingerprint density at radius 3 is 2.24 bits per heavy atom. The van der Waals surface area contributed by atoms with Gasteiger partial charge in [-0.1, -0.05) is 33.6 Å². The zero-order valence-electron chi connectivity index (χ0n) is 17.7. The zero-order valence-corrected chi connectivity index (χ0v) is 18.6. The van der Waals surface area contributed by atoms with E-state index in [9.17, 15) is 14.7 Å². The highest BCUT2D eigenvalue weighted by Crippen LogP contribution is 2.49. The van der Waals surface area contributed by atoms with E-state index in [1.165, 1.54) is 24.3 Å². The third-order valence-electron chi connectivity index (χ3n) is 4.04. The van der Waals surface area contributed by atoms with Crippen molar-refractivity contribution < 1.29 is 28.0 Å². The molecule has 0 aliphatic heterocycles. The first kappa shape index (κ1) is 25.6. The van der Waals surface area contributed by atoms with E-state index in [4.69, 9.17) is 18.5 Å². The number of nitro groups is 1. The van der Waals surface area contributed by atoms with Gasteiger partial charge in [0, 0.05) is 25.3 Å². The number of ether oxygens (including phenoxy) is 2. The van der Waals surface area contributed by atoms with Gasteiger partial charge in [0.2, 0.25) is 0 Å². The molecule has 29 heavy (non-hydrogen) atoms. The molecule has 0 bridgehead atoms.